The number of aromatic nitrogens is 3. The molecule has 136 valence electrons. The number of carbonyl (C=O) groups is 1. The maximum Gasteiger partial charge on any atom is 0.277 e. The molecule has 0 bridgehead atoms. The first-order chi connectivity index (χ1) is 12.5. The fourth-order valence-electron chi connectivity index (χ4n) is 2.50. The standard InChI is InChI=1S/C18H20N4O2S2/c1-11-6-4-5-7-14(11)8-9-19-15(23)10-25-18-22-21-17(24-18)16-12(2)20-13(3)26-16/h4-7H,8-10H2,1-3H3,(H,19,23). The smallest absolute Gasteiger partial charge is 0.277 e. The predicted octanol–water partition coefficient (Wildman–Crippen LogP) is 3.57. The summed E-state index contributed by atoms with van der Waals surface area (Å²) in [5, 5.41) is 12.3. The Morgan fingerprint density at radius 3 is 2.77 bits per heavy atom. The molecule has 8 heteroatoms. The summed E-state index contributed by atoms with van der Waals surface area (Å²) in [7, 11) is 0. The van der Waals surface area contributed by atoms with Crippen LogP contribution in [0.25, 0.3) is 10.8 Å². The molecule has 0 atom stereocenters. The molecule has 0 saturated heterocycles. The van der Waals surface area contributed by atoms with E-state index >= 15 is 0 Å². The van der Waals surface area contributed by atoms with Gasteiger partial charge in [-0.05, 0) is 38.3 Å². The summed E-state index contributed by atoms with van der Waals surface area (Å²) >= 11 is 2.76. The minimum atomic E-state index is -0.0480. The van der Waals surface area contributed by atoms with Crippen molar-refractivity contribution in [2.24, 2.45) is 0 Å². The summed E-state index contributed by atoms with van der Waals surface area (Å²) in [6, 6.07) is 8.19. The maximum absolute atomic E-state index is 12.0. The first kappa shape index (κ1) is 18.6. The first-order valence-electron chi connectivity index (χ1n) is 8.25. The quantitative estimate of drug-likeness (QED) is 0.623. The van der Waals surface area contributed by atoms with Crippen LogP contribution in [0.5, 0.6) is 0 Å². The van der Waals surface area contributed by atoms with Crippen LogP contribution in [0.2, 0.25) is 0 Å². The fourth-order valence-corrected chi connectivity index (χ4v) is 3.93. The van der Waals surface area contributed by atoms with Crippen LogP contribution >= 0.6 is 23.1 Å². The lowest BCUT2D eigenvalue weighted by Gasteiger charge is -2.06. The van der Waals surface area contributed by atoms with Crippen molar-refractivity contribution in [2.75, 3.05) is 12.3 Å². The third-order valence-corrected chi connectivity index (χ3v) is 5.69. The third-order valence-electron chi connectivity index (χ3n) is 3.81. The van der Waals surface area contributed by atoms with Crippen molar-refractivity contribution in [3.8, 4) is 10.8 Å². The molecule has 2 aromatic heterocycles. The van der Waals surface area contributed by atoms with E-state index in [0.29, 0.717) is 17.7 Å². The zero-order valence-electron chi connectivity index (χ0n) is 14.9. The number of aryl methyl sites for hydroxylation is 3. The van der Waals surface area contributed by atoms with E-state index in [1.807, 2.05) is 26.0 Å². The summed E-state index contributed by atoms with van der Waals surface area (Å²) < 4.78 is 5.63. The summed E-state index contributed by atoms with van der Waals surface area (Å²) in [6.45, 7) is 6.54. The van der Waals surface area contributed by atoms with Crippen LogP contribution in [0.1, 0.15) is 21.8 Å². The number of thioether (sulfide) groups is 1. The molecule has 3 rings (SSSR count). The van der Waals surface area contributed by atoms with Gasteiger partial charge in [-0.15, -0.1) is 21.5 Å². The zero-order chi connectivity index (χ0) is 18.5. The Balaban J connectivity index is 1.46. The van der Waals surface area contributed by atoms with Crippen molar-refractivity contribution in [3.05, 3.63) is 46.1 Å². The number of hydrogen-bond donors (Lipinski definition) is 1. The van der Waals surface area contributed by atoms with E-state index in [-0.39, 0.29) is 11.7 Å². The van der Waals surface area contributed by atoms with Crippen molar-refractivity contribution in [3.63, 3.8) is 0 Å². The highest BCUT2D eigenvalue weighted by Gasteiger charge is 2.15. The van der Waals surface area contributed by atoms with Gasteiger partial charge in [-0.3, -0.25) is 4.79 Å². The highest BCUT2D eigenvalue weighted by atomic mass is 32.2. The Hall–Kier alpha value is -2.19. The van der Waals surface area contributed by atoms with E-state index in [0.717, 1.165) is 22.0 Å². The molecule has 6 nitrogen and oxygen atoms in total. The van der Waals surface area contributed by atoms with E-state index in [9.17, 15) is 4.79 Å². The van der Waals surface area contributed by atoms with E-state index in [2.05, 4.69) is 39.6 Å². The van der Waals surface area contributed by atoms with E-state index in [4.69, 9.17) is 4.42 Å². The van der Waals surface area contributed by atoms with Gasteiger partial charge in [0.25, 0.3) is 11.1 Å². The molecule has 0 aliphatic carbocycles. The SMILES string of the molecule is Cc1nc(C)c(-c2nnc(SCC(=O)NCCc3ccccc3C)o2)s1. The van der Waals surface area contributed by atoms with Crippen LogP contribution in [0.3, 0.4) is 0 Å². The number of benzene rings is 1. The molecule has 26 heavy (non-hydrogen) atoms. The molecule has 0 spiro atoms. The molecular weight excluding hydrogens is 368 g/mol. The molecule has 2 heterocycles. The Kier molecular flexibility index (Phi) is 6.05. The van der Waals surface area contributed by atoms with Crippen LogP contribution in [-0.4, -0.2) is 33.4 Å². The normalized spacial score (nSPS) is 10.9. The van der Waals surface area contributed by atoms with Crippen LogP contribution in [-0.2, 0) is 11.2 Å². The first-order valence-corrected chi connectivity index (χ1v) is 10.0. The van der Waals surface area contributed by atoms with Crippen molar-refractivity contribution in [1.82, 2.24) is 20.5 Å². The molecule has 0 unspecified atom stereocenters. The molecule has 0 aliphatic rings. The molecule has 0 radical (unpaired) electrons. The van der Waals surface area contributed by atoms with E-state index in [1.54, 1.807) is 0 Å². The Bertz CT molecular complexity index is 904. The molecule has 0 aliphatic heterocycles. The van der Waals surface area contributed by atoms with Gasteiger partial charge in [0, 0.05) is 6.54 Å². The molecule has 0 fully saturated rings. The Morgan fingerprint density at radius 2 is 2.04 bits per heavy atom. The van der Waals surface area contributed by atoms with Crippen molar-refractivity contribution < 1.29 is 9.21 Å². The van der Waals surface area contributed by atoms with Gasteiger partial charge in [0.1, 0.15) is 4.88 Å². The second-order valence-electron chi connectivity index (χ2n) is 5.84. The lowest BCUT2D eigenvalue weighted by atomic mass is 10.1. The van der Waals surface area contributed by atoms with Gasteiger partial charge in [0.15, 0.2) is 0 Å². The maximum atomic E-state index is 12.0. The monoisotopic (exact) mass is 388 g/mol. The average Bonchev–Trinajstić information content (AvgIpc) is 3.20. The van der Waals surface area contributed by atoms with Crippen molar-refractivity contribution >= 4 is 29.0 Å². The summed E-state index contributed by atoms with van der Waals surface area (Å²) in [4.78, 5) is 17.2. The van der Waals surface area contributed by atoms with Crippen molar-refractivity contribution in [1.29, 1.82) is 0 Å². The number of carbonyl (C=O) groups excluding carboxylic acids is 1. The number of nitrogens with one attached hydrogen (secondary N) is 1. The number of nitrogens with zero attached hydrogens (tertiary/aromatic N) is 3. The molecule has 1 N–H and O–H groups in total. The second kappa shape index (κ2) is 8.46. The fraction of sp³-hybridized carbons (Fsp3) is 0.333. The van der Waals surface area contributed by atoms with Gasteiger partial charge in [-0.25, -0.2) is 4.98 Å². The lowest BCUT2D eigenvalue weighted by Crippen LogP contribution is -2.27. The number of hydrogen-bond acceptors (Lipinski definition) is 7. The lowest BCUT2D eigenvalue weighted by molar-refractivity contribution is -0.118. The number of thiazole rings is 1. The van der Waals surface area contributed by atoms with Gasteiger partial charge in [-0.2, -0.15) is 0 Å². The minimum absolute atomic E-state index is 0.0480. The molecule has 1 amide bonds. The highest BCUT2D eigenvalue weighted by molar-refractivity contribution is 7.99. The largest absolute Gasteiger partial charge is 0.410 e. The van der Waals surface area contributed by atoms with Crippen molar-refractivity contribution in [2.45, 2.75) is 32.4 Å². The van der Waals surface area contributed by atoms with E-state index in [1.165, 1.54) is 34.2 Å². The van der Waals surface area contributed by atoms with Gasteiger partial charge in [-0.1, -0.05) is 36.0 Å². The topological polar surface area (TPSA) is 80.9 Å². The van der Waals surface area contributed by atoms with Crippen LogP contribution in [0.15, 0.2) is 33.9 Å². The molecule has 0 saturated carbocycles. The summed E-state index contributed by atoms with van der Waals surface area (Å²) in [5.41, 5.74) is 3.36. The van der Waals surface area contributed by atoms with Crippen LogP contribution in [0, 0.1) is 20.8 Å². The Labute approximate surface area is 160 Å². The molecule has 1 aromatic carbocycles. The third kappa shape index (κ3) is 4.70. The number of rotatable bonds is 7. The molecule has 3 aromatic rings. The predicted molar refractivity (Wildman–Crippen MR) is 103 cm³/mol. The van der Waals surface area contributed by atoms with Crippen LogP contribution in [0.4, 0.5) is 0 Å². The summed E-state index contributed by atoms with van der Waals surface area (Å²) in [6.07, 6.45) is 0.817. The zero-order valence-corrected chi connectivity index (χ0v) is 16.5. The van der Waals surface area contributed by atoms with Gasteiger partial charge >= 0.3 is 0 Å². The van der Waals surface area contributed by atoms with Gasteiger partial charge in [0.05, 0.1) is 16.5 Å². The van der Waals surface area contributed by atoms with Crippen LogP contribution < -0.4 is 5.32 Å². The van der Waals surface area contributed by atoms with Gasteiger partial charge in [0.2, 0.25) is 5.91 Å². The van der Waals surface area contributed by atoms with Gasteiger partial charge < -0.3 is 9.73 Å². The molecular formula is C18H20N4O2S2. The minimum Gasteiger partial charge on any atom is -0.410 e. The highest BCUT2D eigenvalue weighted by Crippen LogP contribution is 2.30. The van der Waals surface area contributed by atoms with E-state index < -0.39 is 0 Å². The Morgan fingerprint density at radius 1 is 1.23 bits per heavy atom. The second-order valence-corrected chi connectivity index (χ2v) is 7.97. The summed E-state index contributed by atoms with van der Waals surface area (Å²) in [5.74, 6) is 0.652. The number of amides is 1. The average molecular weight is 389 g/mol.